The first kappa shape index (κ1) is 42.8. The lowest BCUT2D eigenvalue weighted by Crippen LogP contribution is -2.39. The van der Waals surface area contributed by atoms with Gasteiger partial charge in [0.25, 0.3) is 5.91 Å². The van der Waals surface area contributed by atoms with Crippen molar-refractivity contribution >= 4 is 82.3 Å². The maximum atomic E-state index is 14.6. The number of amides is 1. The van der Waals surface area contributed by atoms with Crippen LogP contribution in [0.5, 0.6) is 0 Å². The topological polar surface area (TPSA) is 147 Å². The molecule has 2 aliphatic rings. The Morgan fingerprint density at radius 2 is 1.79 bits per heavy atom. The fourth-order valence-electron chi connectivity index (χ4n) is 7.18. The van der Waals surface area contributed by atoms with Gasteiger partial charge >= 0.3 is 6.18 Å². The Morgan fingerprint density at radius 1 is 0.967 bits per heavy atom. The molecule has 0 spiro atoms. The normalized spacial score (nSPS) is 15.4. The molecule has 8 rings (SSSR count). The summed E-state index contributed by atoms with van der Waals surface area (Å²) in [6, 6.07) is 21.1. The number of thioether (sulfide) groups is 1. The highest BCUT2D eigenvalue weighted by Crippen LogP contribution is 2.38. The third-order valence-corrected chi connectivity index (χ3v) is 15.0. The standard InChI is InChI=1S/C42H40F3N7O5S4/c43-42(44,45)33-22-30(11-12-34(33)47-28(14-16-51-18-20-57-21-19-51)24-58-29-7-2-1-3-8-29)61(55,56)26-37(53)36-25-59-41(49-36)52-17-13-27-6-4-9-31(32(27)23-52)38(54)50-40-48-35-10-5-15-46-39(35)60-40/h1-12,15,22,25,28,47H,13-14,16-21,23-24,26H2,(H,48,50,54)/t28-/m1/s1. The van der Waals surface area contributed by atoms with E-state index in [1.54, 1.807) is 18.3 Å². The number of halogens is 3. The summed E-state index contributed by atoms with van der Waals surface area (Å²) in [5.74, 6) is -1.77. The lowest BCUT2D eigenvalue weighted by Gasteiger charge is -2.29. The van der Waals surface area contributed by atoms with Crippen molar-refractivity contribution in [3.05, 3.63) is 118 Å². The Balaban J connectivity index is 0.947. The maximum absolute atomic E-state index is 14.6. The molecule has 318 valence electrons. The minimum atomic E-state index is -4.89. The van der Waals surface area contributed by atoms with Crippen LogP contribution in [0.2, 0.25) is 0 Å². The summed E-state index contributed by atoms with van der Waals surface area (Å²) in [6.07, 6.45) is -2.09. The van der Waals surface area contributed by atoms with E-state index in [1.165, 1.54) is 28.5 Å². The van der Waals surface area contributed by atoms with E-state index in [-0.39, 0.29) is 23.3 Å². The molecule has 3 aromatic heterocycles. The van der Waals surface area contributed by atoms with Crippen LogP contribution in [0.15, 0.2) is 100 Å². The second-order valence-electron chi connectivity index (χ2n) is 14.5. The van der Waals surface area contributed by atoms with Gasteiger partial charge in [-0.25, -0.2) is 23.4 Å². The summed E-state index contributed by atoms with van der Waals surface area (Å²) >= 11 is 3.93. The van der Waals surface area contributed by atoms with E-state index in [4.69, 9.17) is 4.74 Å². The molecule has 2 aliphatic heterocycles. The highest BCUT2D eigenvalue weighted by atomic mass is 32.2. The molecular weight excluding hydrogens is 868 g/mol. The van der Waals surface area contributed by atoms with Crippen molar-refractivity contribution in [3.8, 4) is 0 Å². The van der Waals surface area contributed by atoms with Gasteiger partial charge in [-0.05, 0) is 72.5 Å². The van der Waals surface area contributed by atoms with Crippen LogP contribution in [0.3, 0.4) is 0 Å². The first-order valence-electron chi connectivity index (χ1n) is 19.5. The summed E-state index contributed by atoms with van der Waals surface area (Å²) in [5, 5.41) is 8.26. The zero-order chi connectivity index (χ0) is 42.6. The van der Waals surface area contributed by atoms with Crippen molar-refractivity contribution in [3.63, 3.8) is 0 Å². The lowest BCUT2D eigenvalue weighted by molar-refractivity contribution is -0.137. The van der Waals surface area contributed by atoms with Gasteiger partial charge in [0.2, 0.25) is 0 Å². The third-order valence-electron chi connectivity index (χ3n) is 10.4. The fourth-order valence-corrected chi connectivity index (χ4v) is 11.1. The molecule has 19 heteroatoms. The molecule has 0 radical (unpaired) electrons. The van der Waals surface area contributed by atoms with E-state index in [9.17, 15) is 31.2 Å². The van der Waals surface area contributed by atoms with Crippen LogP contribution < -0.4 is 15.5 Å². The average molecular weight is 908 g/mol. The number of benzene rings is 3. The number of nitrogens with zero attached hydrogens (tertiary/aromatic N) is 5. The molecular formula is C42H40F3N7O5S4. The molecule has 6 aromatic rings. The van der Waals surface area contributed by atoms with Crippen LogP contribution in [0.4, 0.5) is 29.1 Å². The molecule has 1 atom stereocenters. The molecule has 0 unspecified atom stereocenters. The summed E-state index contributed by atoms with van der Waals surface area (Å²) in [5.41, 5.74) is 1.43. The van der Waals surface area contributed by atoms with Gasteiger partial charge in [0.15, 0.2) is 25.9 Å². The number of hydrogen-bond acceptors (Lipinski definition) is 14. The number of carbonyl (C=O) groups excluding carboxylic acids is 2. The number of ketones is 1. The van der Waals surface area contributed by atoms with Crippen LogP contribution in [0, 0.1) is 0 Å². The van der Waals surface area contributed by atoms with Crippen LogP contribution in [0.25, 0.3) is 10.3 Å². The van der Waals surface area contributed by atoms with E-state index >= 15 is 0 Å². The van der Waals surface area contributed by atoms with E-state index in [1.807, 2.05) is 53.4 Å². The van der Waals surface area contributed by atoms with Crippen molar-refractivity contribution in [1.29, 1.82) is 0 Å². The van der Waals surface area contributed by atoms with Gasteiger partial charge in [0, 0.05) is 72.2 Å². The first-order valence-corrected chi connectivity index (χ1v) is 23.8. The molecule has 2 N–H and O–H groups in total. The number of pyridine rings is 1. The van der Waals surface area contributed by atoms with Crippen molar-refractivity contribution < 1.29 is 35.9 Å². The number of carbonyl (C=O) groups is 2. The van der Waals surface area contributed by atoms with Crippen LogP contribution in [-0.4, -0.2) is 96.9 Å². The average Bonchev–Trinajstić information content (AvgIpc) is 3.92. The number of Topliss-reactive ketones (excluding diaryl/α,β-unsaturated/α-hetero) is 1. The monoisotopic (exact) mass is 907 g/mol. The lowest BCUT2D eigenvalue weighted by atomic mass is 9.94. The Bertz CT molecular complexity index is 2600. The van der Waals surface area contributed by atoms with Crippen molar-refractivity contribution in [2.75, 3.05) is 66.4 Å². The first-order chi connectivity index (χ1) is 29.4. The number of alkyl halides is 3. The summed E-state index contributed by atoms with van der Waals surface area (Å²) in [4.78, 5) is 45.3. The van der Waals surface area contributed by atoms with Gasteiger partial charge in [-0.15, -0.1) is 23.1 Å². The molecule has 5 heterocycles. The molecule has 0 aliphatic carbocycles. The number of sulfone groups is 1. The minimum absolute atomic E-state index is 0.113. The number of hydrogen-bond donors (Lipinski definition) is 2. The third kappa shape index (κ3) is 10.4. The smallest absolute Gasteiger partial charge is 0.381 e. The molecule has 1 fully saturated rings. The zero-order valence-corrected chi connectivity index (χ0v) is 35.8. The maximum Gasteiger partial charge on any atom is 0.418 e. The highest BCUT2D eigenvalue weighted by Gasteiger charge is 2.36. The van der Waals surface area contributed by atoms with Crippen molar-refractivity contribution in [1.82, 2.24) is 19.9 Å². The quantitative estimate of drug-likeness (QED) is 0.0762. The molecule has 1 saturated heterocycles. The second kappa shape index (κ2) is 18.6. The van der Waals surface area contributed by atoms with Crippen LogP contribution in [-0.2, 0) is 33.7 Å². The predicted octanol–water partition coefficient (Wildman–Crippen LogP) is 7.93. The Kier molecular flexibility index (Phi) is 13.0. The second-order valence-corrected chi connectivity index (χ2v) is 19.4. The summed E-state index contributed by atoms with van der Waals surface area (Å²) < 4.78 is 76.5. The number of morpholine rings is 1. The van der Waals surface area contributed by atoms with Gasteiger partial charge in [0.05, 0.1) is 23.7 Å². The number of aromatic nitrogens is 3. The molecule has 3 aromatic carbocycles. The Labute approximate surface area is 362 Å². The highest BCUT2D eigenvalue weighted by molar-refractivity contribution is 7.99. The van der Waals surface area contributed by atoms with E-state index in [2.05, 4.69) is 30.5 Å². The van der Waals surface area contributed by atoms with Crippen LogP contribution in [0.1, 0.15) is 44.0 Å². The van der Waals surface area contributed by atoms with Gasteiger partial charge in [0.1, 0.15) is 21.8 Å². The SMILES string of the molecule is O=C(CS(=O)(=O)c1ccc(N[C@H](CCN2CCOCC2)CSc2ccccc2)c(C(F)(F)F)c1)c1csc(N2CCc3cccc(C(=O)Nc4nc5cccnc5s4)c3C2)n1. The largest absolute Gasteiger partial charge is 0.418 e. The minimum Gasteiger partial charge on any atom is -0.381 e. The predicted molar refractivity (Wildman–Crippen MR) is 233 cm³/mol. The van der Waals surface area contributed by atoms with E-state index in [0.717, 1.165) is 52.6 Å². The number of anilines is 3. The molecule has 12 nitrogen and oxygen atoms in total. The van der Waals surface area contributed by atoms with E-state index < -0.39 is 38.0 Å². The van der Waals surface area contributed by atoms with Gasteiger partial charge < -0.3 is 15.0 Å². The summed E-state index contributed by atoms with van der Waals surface area (Å²) in [6.45, 7) is 4.15. The van der Waals surface area contributed by atoms with Crippen LogP contribution >= 0.6 is 34.4 Å². The van der Waals surface area contributed by atoms with Gasteiger partial charge in [-0.2, -0.15) is 13.2 Å². The Hall–Kier alpha value is -4.92. The fraction of sp³-hybridized carbons (Fsp3) is 0.310. The number of nitrogens with one attached hydrogen (secondary N) is 2. The Morgan fingerprint density at radius 3 is 2.57 bits per heavy atom. The van der Waals surface area contributed by atoms with Crippen molar-refractivity contribution in [2.45, 2.75) is 41.4 Å². The number of thiazole rings is 2. The van der Waals surface area contributed by atoms with Gasteiger partial charge in [-0.1, -0.05) is 41.7 Å². The summed E-state index contributed by atoms with van der Waals surface area (Å²) in [7, 11) is -4.51. The number of ether oxygens (including phenoxy) is 1. The van der Waals surface area contributed by atoms with Crippen molar-refractivity contribution in [2.24, 2.45) is 0 Å². The number of fused-ring (bicyclic) bond motifs is 2. The molecule has 61 heavy (non-hydrogen) atoms. The number of rotatable bonds is 15. The zero-order valence-electron chi connectivity index (χ0n) is 32.6. The molecule has 1 amide bonds. The molecule has 0 saturated carbocycles. The van der Waals surface area contributed by atoms with E-state index in [0.29, 0.717) is 83.7 Å². The molecule has 0 bridgehead atoms. The van der Waals surface area contributed by atoms with Gasteiger partial charge in [-0.3, -0.25) is 19.8 Å².